The first-order valence-electron chi connectivity index (χ1n) is 8.88. The molecule has 1 N–H and O–H groups in total. The lowest BCUT2D eigenvalue weighted by Crippen LogP contribution is -2.33. The largest absolute Gasteiger partial charge is 0.467 e. The van der Waals surface area contributed by atoms with Gasteiger partial charge in [-0.1, -0.05) is 48.5 Å². The molecule has 0 fully saturated rings. The Kier molecular flexibility index (Phi) is 5.20. The molecule has 2 heterocycles. The molecular weight excluding hydrogens is 352 g/mol. The van der Waals surface area contributed by atoms with Crippen LogP contribution < -0.4 is 10.1 Å². The summed E-state index contributed by atoms with van der Waals surface area (Å²) in [7, 11) is 0. The lowest BCUT2D eigenvalue weighted by atomic mass is 10.0. The van der Waals surface area contributed by atoms with E-state index in [2.05, 4.69) is 20.3 Å². The standard InChI is InChI=1S/C22H18N4O2/c27-20(14-28-22-18-10-4-5-11-19(18)24-15-25-22)26-21(16-7-2-1-3-8-16)17-9-6-12-23-13-17/h1-13,15,21H,14H2,(H,26,27)/t21-/m0/s1. The van der Waals surface area contributed by atoms with Gasteiger partial charge in [-0.25, -0.2) is 9.97 Å². The van der Waals surface area contributed by atoms with Crippen molar-refractivity contribution in [1.82, 2.24) is 20.3 Å². The zero-order valence-electron chi connectivity index (χ0n) is 15.0. The second-order valence-electron chi connectivity index (χ2n) is 6.18. The van der Waals surface area contributed by atoms with Gasteiger partial charge < -0.3 is 10.1 Å². The van der Waals surface area contributed by atoms with E-state index in [1.165, 1.54) is 6.33 Å². The first kappa shape index (κ1) is 17.6. The number of benzene rings is 2. The van der Waals surface area contributed by atoms with Crippen LogP contribution >= 0.6 is 0 Å². The van der Waals surface area contributed by atoms with Crippen LogP contribution in [0.3, 0.4) is 0 Å². The number of ether oxygens (including phenoxy) is 1. The lowest BCUT2D eigenvalue weighted by molar-refractivity contribution is -0.123. The number of carbonyl (C=O) groups is 1. The number of fused-ring (bicyclic) bond motifs is 1. The van der Waals surface area contributed by atoms with Crippen molar-refractivity contribution >= 4 is 16.8 Å². The highest BCUT2D eigenvalue weighted by Crippen LogP contribution is 2.22. The van der Waals surface area contributed by atoms with E-state index in [4.69, 9.17) is 4.74 Å². The monoisotopic (exact) mass is 370 g/mol. The van der Waals surface area contributed by atoms with Gasteiger partial charge in [-0.3, -0.25) is 9.78 Å². The fourth-order valence-electron chi connectivity index (χ4n) is 2.98. The van der Waals surface area contributed by atoms with Crippen LogP contribution in [0.25, 0.3) is 10.9 Å². The van der Waals surface area contributed by atoms with E-state index < -0.39 is 0 Å². The normalized spacial score (nSPS) is 11.7. The number of hydrogen-bond acceptors (Lipinski definition) is 5. The average Bonchev–Trinajstić information content (AvgIpc) is 2.77. The highest BCUT2D eigenvalue weighted by Gasteiger charge is 2.17. The third-order valence-electron chi connectivity index (χ3n) is 4.30. The van der Waals surface area contributed by atoms with Gasteiger partial charge in [0.15, 0.2) is 6.61 Å². The first-order valence-corrected chi connectivity index (χ1v) is 8.88. The molecule has 0 unspecified atom stereocenters. The Morgan fingerprint density at radius 2 is 1.71 bits per heavy atom. The van der Waals surface area contributed by atoms with Crippen molar-refractivity contribution in [2.75, 3.05) is 6.61 Å². The molecular formula is C22H18N4O2. The quantitative estimate of drug-likeness (QED) is 0.563. The Hall–Kier alpha value is -3.80. The number of nitrogens with one attached hydrogen (secondary N) is 1. The molecule has 0 saturated carbocycles. The molecule has 28 heavy (non-hydrogen) atoms. The predicted molar refractivity (Wildman–Crippen MR) is 106 cm³/mol. The van der Waals surface area contributed by atoms with Crippen molar-refractivity contribution in [3.8, 4) is 5.88 Å². The highest BCUT2D eigenvalue weighted by atomic mass is 16.5. The molecule has 0 bridgehead atoms. The van der Waals surface area contributed by atoms with Crippen LogP contribution in [-0.4, -0.2) is 27.5 Å². The summed E-state index contributed by atoms with van der Waals surface area (Å²) in [5.41, 5.74) is 2.64. The number of para-hydroxylation sites is 1. The van der Waals surface area contributed by atoms with E-state index in [1.807, 2.05) is 66.7 Å². The summed E-state index contributed by atoms with van der Waals surface area (Å²) in [5.74, 6) is 0.138. The van der Waals surface area contributed by atoms with Crippen LogP contribution in [0, 0.1) is 0 Å². The maximum Gasteiger partial charge on any atom is 0.258 e. The molecule has 6 nitrogen and oxygen atoms in total. The van der Waals surface area contributed by atoms with Gasteiger partial charge in [0.25, 0.3) is 5.91 Å². The van der Waals surface area contributed by atoms with Gasteiger partial charge in [0.05, 0.1) is 16.9 Å². The first-order chi connectivity index (χ1) is 13.8. The fourth-order valence-corrected chi connectivity index (χ4v) is 2.98. The summed E-state index contributed by atoms with van der Waals surface area (Å²) in [5, 5.41) is 3.79. The molecule has 0 spiro atoms. The molecule has 0 saturated heterocycles. The van der Waals surface area contributed by atoms with Gasteiger partial charge >= 0.3 is 0 Å². The van der Waals surface area contributed by atoms with Gasteiger partial charge in [-0.2, -0.15) is 0 Å². The molecule has 4 aromatic rings. The number of carbonyl (C=O) groups excluding carboxylic acids is 1. The SMILES string of the molecule is O=C(COc1ncnc2ccccc12)N[C@@H](c1ccccc1)c1cccnc1. The van der Waals surface area contributed by atoms with E-state index in [1.54, 1.807) is 12.4 Å². The molecule has 4 rings (SSSR count). The number of hydrogen-bond donors (Lipinski definition) is 1. The van der Waals surface area contributed by atoms with Crippen LogP contribution in [-0.2, 0) is 4.79 Å². The summed E-state index contributed by atoms with van der Waals surface area (Å²) >= 11 is 0. The minimum atomic E-state index is -0.312. The minimum absolute atomic E-state index is 0.148. The Morgan fingerprint density at radius 3 is 2.54 bits per heavy atom. The predicted octanol–water partition coefficient (Wildman–Crippen LogP) is 3.31. The molecule has 2 aromatic heterocycles. The van der Waals surface area contributed by atoms with Crippen molar-refractivity contribution in [3.05, 3.63) is 96.6 Å². The van der Waals surface area contributed by atoms with Crippen molar-refractivity contribution in [2.45, 2.75) is 6.04 Å². The number of nitrogens with zero attached hydrogens (tertiary/aromatic N) is 3. The van der Waals surface area contributed by atoms with E-state index in [0.717, 1.165) is 22.0 Å². The van der Waals surface area contributed by atoms with Crippen molar-refractivity contribution in [3.63, 3.8) is 0 Å². The number of amides is 1. The van der Waals surface area contributed by atoms with Crippen molar-refractivity contribution < 1.29 is 9.53 Å². The number of aromatic nitrogens is 3. The third kappa shape index (κ3) is 3.96. The van der Waals surface area contributed by atoms with Gasteiger partial charge in [0.1, 0.15) is 6.33 Å². The smallest absolute Gasteiger partial charge is 0.258 e. The van der Waals surface area contributed by atoms with Crippen molar-refractivity contribution in [1.29, 1.82) is 0 Å². The second kappa shape index (κ2) is 8.26. The van der Waals surface area contributed by atoms with Crippen LogP contribution in [0.1, 0.15) is 17.2 Å². The van der Waals surface area contributed by atoms with Crippen LogP contribution in [0.4, 0.5) is 0 Å². The van der Waals surface area contributed by atoms with Gasteiger partial charge in [0, 0.05) is 12.4 Å². The van der Waals surface area contributed by atoms with E-state index in [9.17, 15) is 4.79 Å². The molecule has 6 heteroatoms. The Balaban J connectivity index is 1.50. The van der Waals surface area contributed by atoms with E-state index in [-0.39, 0.29) is 18.6 Å². The van der Waals surface area contributed by atoms with Gasteiger partial charge in [0.2, 0.25) is 5.88 Å². The lowest BCUT2D eigenvalue weighted by Gasteiger charge is -2.19. The number of pyridine rings is 1. The Bertz CT molecular complexity index is 1030. The van der Waals surface area contributed by atoms with E-state index in [0.29, 0.717) is 5.88 Å². The summed E-state index contributed by atoms with van der Waals surface area (Å²) in [4.78, 5) is 25.1. The van der Waals surface area contributed by atoms with Crippen LogP contribution in [0.2, 0.25) is 0 Å². The zero-order chi connectivity index (χ0) is 19.2. The molecule has 0 radical (unpaired) electrons. The Labute approximate surface area is 162 Å². The highest BCUT2D eigenvalue weighted by molar-refractivity contribution is 5.84. The molecule has 1 atom stereocenters. The topological polar surface area (TPSA) is 77.0 Å². The zero-order valence-corrected chi connectivity index (χ0v) is 15.0. The van der Waals surface area contributed by atoms with E-state index >= 15 is 0 Å². The fraction of sp³-hybridized carbons (Fsp3) is 0.0909. The summed E-state index contributed by atoms with van der Waals surface area (Å²) in [6.45, 7) is -0.148. The Morgan fingerprint density at radius 1 is 0.929 bits per heavy atom. The van der Waals surface area contributed by atoms with Gasteiger partial charge in [-0.15, -0.1) is 0 Å². The molecule has 138 valence electrons. The van der Waals surface area contributed by atoms with Crippen molar-refractivity contribution in [2.24, 2.45) is 0 Å². The molecule has 1 amide bonds. The van der Waals surface area contributed by atoms with Crippen LogP contribution in [0.5, 0.6) is 5.88 Å². The van der Waals surface area contributed by atoms with Gasteiger partial charge in [-0.05, 0) is 29.3 Å². The summed E-state index contributed by atoms with van der Waals surface area (Å²) in [6.07, 6.45) is 4.88. The maximum atomic E-state index is 12.6. The number of rotatable bonds is 6. The third-order valence-corrected chi connectivity index (χ3v) is 4.30. The maximum absolute atomic E-state index is 12.6. The second-order valence-corrected chi connectivity index (χ2v) is 6.18. The summed E-state index contributed by atoms with van der Waals surface area (Å²) < 4.78 is 5.67. The molecule has 0 aliphatic rings. The molecule has 0 aliphatic heterocycles. The average molecular weight is 370 g/mol. The molecule has 2 aromatic carbocycles. The molecule has 0 aliphatic carbocycles. The van der Waals surface area contributed by atoms with Crippen LogP contribution in [0.15, 0.2) is 85.5 Å². The minimum Gasteiger partial charge on any atom is -0.467 e. The summed E-state index contributed by atoms with van der Waals surface area (Å²) in [6, 6.07) is 20.7.